The number of ether oxygens (including phenoxy) is 1. The molecule has 0 heterocycles. The van der Waals surface area contributed by atoms with Gasteiger partial charge in [0.25, 0.3) is 0 Å². The third-order valence-corrected chi connectivity index (χ3v) is 6.54. The van der Waals surface area contributed by atoms with E-state index in [9.17, 15) is 28.8 Å². The summed E-state index contributed by atoms with van der Waals surface area (Å²) in [7, 11) is 0. The molecule has 0 saturated heterocycles. The van der Waals surface area contributed by atoms with E-state index in [-0.39, 0.29) is 49.0 Å². The lowest BCUT2D eigenvalue weighted by atomic mass is 9.90. The third kappa shape index (κ3) is 17.1. The monoisotopic (exact) mass is 618 g/mol. The van der Waals surface area contributed by atoms with Crippen LogP contribution in [0.4, 0.5) is 15.3 Å². The van der Waals surface area contributed by atoms with Crippen LogP contribution in [0.1, 0.15) is 85.6 Å². The Morgan fingerprint density at radius 3 is 2.07 bits per heavy atom. The van der Waals surface area contributed by atoms with Gasteiger partial charge in [0.1, 0.15) is 24.5 Å². The van der Waals surface area contributed by atoms with Gasteiger partial charge in [-0.2, -0.15) is 0 Å². The lowest BCUT2D eigenvalue weighted by Gasteiger charge is -2.26. The number of urea groups is 1. The van der Waals surface area contributed by atoms with E-state index in [4.69, 9.17) is 10.5 Å². The minimum absolute atomic E-state index is 0.0103. The average molecular weight is 619 g/mol. The highest BCUT2D eigenvalue weighted by molar-refractivity contribution is 5.98. The van der Waals surface area contributed by atoms with Crippen LogP contribution in [0.5, 0.6) is 0 Å². The number of primary amides is 1. The Balaban J connectivity index is 2.82. The van der Waals surface area contributed by atoms with Crippen molar-refractivity contribution in [1.29, 1.82) is 0 Å². The van der Waals surface area contributed by atoms with Crippen molar-refractivity contribution in [1.82, 2.24) is 21.3 Å². The lowest BCUT2D eigenvalue weighted by molar-refractivity contribution is -0.132. The highest BCUT2D eigenvalue weighted by Crippen LogP contribution is 2.20. The summed E-state index contributed by atoms with van der Waals surface area (Å²) in [4.78, 5) is 72.9. The Morgan fingerprint density at radius 1 is 0.864 bits per heavy atom. The molecule has 7 N–H and O–H groups in total. The van der Waals surface area contributed by atoms with Crippen LogP contribution in [-0.4, -0.2) is 60.8 Å². The summed E-state index contributed by atoms with van der Waals surface area (Å²) in [6.45, 7) is 11.8. The van der Waals surface area contributed by atoms with Crippen LogP contribution in [0, 0.1) is 11.3 Å². The first-order chi connectivity index (χ1) is 20.6. The van der Waals surface area contributed by atoms with Gasteiger partial charge in [-0.25, -0.2) is 9.59 Å². The van der Waals surface area contributed by atoms with E-state index < -0.39 is 36.0 Å². The van der Waals surface area contributed by atoms with Crippen molar-refractivity contribution < 1.29 is 33.5 Å². The van der Waals surface area contributed by atoms with E-state index in [0.29, 0.717) is 43.5 Å². The van der Waals surface area contributed by atoms with Crippen LogP contribution < -0.4 is 32.3 Å². The second kappa shape index (κ2) is 19.2. The van der Waals surface area contributed by atoms with E-state index in [1.165, 1.54) is 6.92 Å². The van der Waals surface area contributed by atoms with Gasteiger partial charge in [-0.1, -0.05) is 46.8 Å². The topological polar surface area (TPSA) is 198 Å². The van der Waals surface area contributed by atoms with Crippen LogP contribution in [0.15, 0.2) is 24.3 Å². The fourth-order valence-electron chi connectivity index (χ4n) is 3.96. The summed E-state index contributed by atoms with van der Waals surface area (Å²) in [5.41, 5.74) is 6.24. The molecule has 0 saturated carbocycles. The number of carbonyl (C=O) groups is 6. The fraction of sp³-hybridized carbons (Fsp3) is 0.613. The molecular formula is C31H50N6O7. The van der Waals surface area contributed by atoms with Crippen LogP contribution >= 0.6 is 0 Å². The van der Waals surface area contributed by atoms with Gasteiger partial charge < -0.3 is 41.8 Å². The van der Waals surface area contributed by atoms with E-state index >= 15 is 0 Å². The number of amides is 6. The van der Waals surface area contributed by atoms with Gasteiger partial charge in [-0.15, -0.1) is 0 Å². The zero-order valence-corrected chi connectivity index (χ0v) is 26.8. The van der Waals surface area contributed by atoms with Gasteiger partial charge in [-0.3, -0.25) is 14.4 Å². The van der Waals surface area contributed by atoms with Gasteiger partial charge >= 0.3 is 12.1 Å². The van der Waals surface area contributed by atoms with Crippen molar-refractivity contribution in [2.75, 3.05) is 18.4 Å². The molecule has 0 aromatic heterocycles. The molecule has 44 heavy (non-hydrogen) atoms. The number of hydrogen-bond acceptors (Lipinski definition) is 7. The molecule has 1 aromatic carbocycles. The number of Topliss-reactive ketones (excluding diaryl/α,β-unsaturated/α-hetero) is 1. The second-order valence-electron chi connectivity index (χ2n) is 12.3. The molecule has 2 atom stereocenters. The first-order valence-corrected chi connectivity index (χ1v) is 15.0. The van der Waals surface area contributed by atoms with Gasteiger partial charge in [0, 0.05) is 31.6 Å². The van der Waals surface area contributed by atoms with Crippen molar-refractivity contribution in [3.63, 3.8) is 0 Å². The van der Waals surface area contributed by atoms with Crippen LogP contribution in [0.25, 0.3) is 0 Å². The molecule has 6 amide bonds. The number of hydrogen-bond donors (Lipinski definition) is 6. The third-order valence-electron chi connectivity index (χ3n) is 6.54. The Hall–Kier alpha value is -4.16. The molecule has 0 aliphatic heterocycles. The molecule has 13 nitrogen and oxygen atoms in total. The standard InChI is InChI=1S/C31H50N6O7/c1-20(2)26(37-25(39)15-16-31(4,5)6)28(41)36-24(10-8-17-33-29(32)42)27(40)35-23-13-11-22(12-14-23)19-44-30(43)34-18-7-9-21(3)38/h11-14,20,24,26H,7-10,15-19H2,1-6H3,(H,34,43)(H,35,40)(H,36,41)(H,37,39)(H3,32,33,42)/t24-,26-/m0/s1. The fourth-order valence-corrected chi connectivity index (χ4v) is 3.96. The van der Waals surface area contributed by atoms with Crippen molar-refractivity contribution in [3.8, 4) is 0 Å². The van der Waals surface area contributed by atoms with Crippen molar-refractivity contribution in [3.05, 3.63) is 29.8 Å². The number of benzene rings is 1. The Morgan fingerprint density at radius 2 is 1.50 bits per heavy atom. The largest absolute Gasteiger partial charge is 0.445 e. The molecular weight excluding hydrogens is 568 g/mol. The molecule has 0 fully saturated rings. The average Bonchev–Trinajstić information content (AvgIpc) is 2.93. The van der Waals surface area contributed by atoms with Gasteiger partial charge in [-0.05, 0) is 61.6 Å². The molecule has 0 aliphatic carbocycles. The first-order valence-electron chi connectivity index (χ1n) is 15.0. The summed E-state index contributed by atoms with van der Waals surface area (Å²) in [5.74, 6) is -1.38. The highest BCUT2D eigenvalue weighted by atomic mass is 16.5. The van der Waals surface area contributed by atoms with Crippen LogP contribution in [-0.2, 0) is 30.5 Å². The maximum Gasteiger partial charge on any atom is 0.407 e. The van der Waals surface area contributed by atoms with Crippen molar-refractivity contribution in [2.24, 2.45) is 17.1 Å². The minimum Gasteiger partial charge on any atom is -0.445 e. The molecule has 13 heteroatoms. The predicted octanol–water partition coefficient (Wildman–Crippen LogP) is 3.12. The molecule has 0 bridgehead atoms. The van der Waals surface area contributed by atoms with Crippen molar-refractivity contribution >= 4 is 41.3 Å². The summed E-state index contributed by atoms with van der Waals surface area (Å²) in [6.07, 6.45) is 1.81. The quantitative estimate of drug-likeness (QED) is 0.136. The molecule has 0 spiro atoms. The summed E-state index contributed by atoms with van der Waals surface area (Å²) >= 11 is 0. The Labute approximate surface area is 260 Å². The van der Waals surface area contributed by atoms with Crippen LogP contribution in [0.2, 0.25) is 0 Å². The van der Waals surface area contributed by atoms with Gasteiger partial charge in [0.05, 0.1) is 0 Å². The summed E-state index contributed by atoms with van der Waals surface area (Å²) in [6, 6.07) is 4.16. The number of carbonyl (C=O) groups excluding carboxylic acids is 6. The maximum absolute atomic E-state index is 13.3. The zero-order chi connectivity index (χ0) is 33.3. The minimum atomic E-state index is -0.959. The normalized spacial score (nSPS) is 12.4. The molecule has 0 unspecified atom stereocenters. The molecule has 0 radical (unpaired) electrons. The second-order valence-corrected chi connectivity index (χ2v) is 12.3. The summed E-state index contributed by atoms with van der Waals surface area (Å²) in [5, 5.41) is 13.4. The smallest absolute Gasteiger partial charge is 0.407 e. The van der Waals surface area contributed by atoms with E-state index in [1.54, 1.807) is 24.3 Å². The molecule has 1 aromatic rings. The number of anilines is 1. The maximum atomic E-state index is 13.3. The number of nitrogens with two attached hydrogens (primary N) is 1. The zero-order valence-electron chi connectivity index (χ0n) is 26.8. The lowest BCUT2D eigenvalue weighted by Crippen LogP contribution is -2.54. The Kier molecular flexibility index (Phi) is 16.5. The van der Waals surface area contributed by atoms with E-state index in [0.717, 1.165) is 0 Å². The van der Waals surface area contributed by atoms with E-state index in [2.05, 4.69) is 26.6 Å². The summed E-state index contributed by atoms with van der Waals surface area (Å²) < 4.78 is 5.17. The molecule has 246 valence electrons. The first kappa shape index (κ1) is 37.9. The SMILES string of the molecule is CC(=O)CCCNC(=O)OCc1ccc(NC(=O)[C@H](CCCNC(N)=O)NC(=O)[C@@H](NC(=O)CCC(C)(C)C)C(C)C)cc1. The number of nitrogens with one attached hydrogen (secondary N) is 5. The number of rotatable bonds is 18. The van der Waals surface area contributed by atoms with Gasteiger partial charge in [0.15, 0.2) is 0 Å². The number of ketones is 1. The van der Waals surface area contributed by atoms with Crippen molar-refractivity contribution in [2.45, 2.75) is 98.8 Å². The predicted molar refractivity (Wildman–Crippen MR) is 167 cm³/mol. The number of alkyl carbamates (subject to hydrolysis) is 1. The molecule has 0 aliphatic rings. The molecule has 1 rings (SSSR count). The highest BCUT2D eigenvalue weighted by Gasteiger charge is 2.29. The van der Waals surface area contributed by atoms with Gasteiger partial charge in [0.2, 0.25) is 17.7 Å². The van der Waals surface area contributed by atoms with Crippen LogP contribution in [0.3, 0.4) is 0 Å². The van der Waals surface area contributed by atoms with E-state index in [1.807, 2.05) is 34.6 Å². The Bertz CT molecular complexity index is 1120.